The van der Waals surface area contributed by atoms with Crippen LogP contribution in [0.5, 0.6) is 0 Å². The maximum atomic E-state index is 5.21. The van der Waals surface area contributed by atoms with Crippen LogP contribution >= 0.6 is 0 Å². The smallest absolute Gasteiger partial charge is 0.238 e. The highest BCUT2D eigenvalue weighted by molar-refractivity contribution is 6.13. The summed E-state index contributed by atoms with van der Waals surface area (Å²) in [5.41, 5.74) is 9.84. The van der Waals surface area contributed by atoms with Gasteiger partial charge in [0.05, 0.1) is 27.8 Å². The molecule has 0 bridgehead atoms. The molecule has 0 atom stereocenters. The third-order valence-corrected chi connectivity index (χ3v) is 11.5. The minimum atomic E-state index is 0.582. The molecule has 0 fully saturated rings. The van der Waals surface area contributed by atoms with E-state index in [4.69, 9.17) is 15.0 Å². The third kappa shape index (κ3) is 5.07. The van der Waals surface area contributed by atoms with Crippen LogP contribution in [-0.4, -0.2) is 24.1 Å². The van der Waals surface area contributed by atoms with Crippen LogP contribution in [-0.2, 0) is 0 Å². The molecule has 12 rings (SSSR count). The van der Waals surface area contributed by atoms with Gasteiger partial charge in [-0.1, -0.05) is 152 Å². The van der Waals surface area contributed by atoms with Crippen LogP contribution in [0.2, 0.25) is 0 Å². The molecule has 0 saturated carbocycles. The Morgan fingerprint density at radius 1 is 0.276 bits per heavy atom. The number of hydrogen-bond donors (Lipinski definition) is 0. The molecule has 0 amide bonds. The van der Waals surface area contributed by atoms with Crippen molar-refractivity contribution in [1.82, 2.24) is 24.1 Å². The molecule has 0 N–H and O–H groups in total. The topological polar surface area (TPSA) is 48.5 Å². The Kier molecular flexibility index (Phi) is 7.16. The minimum absolute atomic E-state index is 0.582. The first kappa shape index (κ1) is 32.4. The van der Waals surface area contributed by atoms with Crippen LogP contribution in [0.1, 0.15) is 0 Å². The molecule has 0 aliphatic carbocycles. The van der Waals surface area contributed by atoms with Gasteiger partial charge in [0.15, 0.2) is 11.6 Å². The summed E-state index contributed by atoms with van der Waals surface area (Å²) in [6.45, 7) is 0. The zero-order chi connectivity index (χ0) is 38.2. The van der Waals surface area contributed by atoms with Gasteiger partial charge in [0, 0.05) is 38.1 Å². The first-order valence-electron chi connectivity index (χ1n) is 19.6. The van der Waals surface area contributed by atoms with Gasteiger partial charge in [-0.05, 0) is 75.8 Å². The van der Waals surface area contributed by atoms with Crippen molar-refractivity contribution >= 4 is 65.2 Å². The molecule has 0 radical (unpaired) electrons. The lowest BCUT2D eigenvalue weighted by Crippen LogP contribution is -2.06. The predicted molar refractivity (Wildman–Crippen MR) is 240 cm³/mol. The van der Waals surface area contributed by atoms with Gasteiger partial charge in [-0.3, -0.25) is 4.57 Å². The zero-order valence-corrected chi connectivity index (χ0v) is 31.3. The van der Waals surface area contributed by atoms with Crippen molar-refractivity contribution in [2.45, 2.75) is 0 Å². The molecule has 0 spiro atoms. The summed E-state index contributed by atoms with van der Waals surface area (Å²) >= 11 is 0. The second-order valence-corrected chi connectivity index (χ2v) is 14.9. The maximum absolute atomic E-state index is 5.21. The molecule has 270 valence electrons. The average Bonchev–Trinajstić information content (AvgIpc) is 3.81. The number of rotatable bonds is 5. The van der Waals surface area contributed by atoms with E-state index in [-0.39, 0.29) is 0 Å². The molecule has 3 heterocycles. The molecule has 0 saturated heterocycles. The number of fused-ring (bicyclic) bond motifs is 8. The van der Waals surface area contributed by atoms with Crippen LogP contribution in [0.3, 0.4) is 0 Å². The molecular weight excluding hydrogens is 707 g/mol. The normalized spacial score (nSPS) is 11.8. The lowest BCUT2D eigenvalue weighted by Gasteiger charge is -2.12. The third-order valence-electron chi connectivity index (χ3n) is 11.5. The zero-order valence-electron chi connectivity index (χ0n) is 31.3. The average molecular weight is 740 g/mol. The van der Waals surface area contributed by atoms with Crippen molar-refractivity contribution in [3.63, 3.8) is 0 Å². The number of aromatic nitrogens is 5. The molecule has 5 heteroatoms. The van der Waals surface area contributed by atoms with Gasteiger partial charge < -0.3 is 4.57 Å². The summed E-state index contributed by atoms with van der Waals surface area (Å²) in [5.74, 6) is 1.85. The van der Waals surface area contributed by atoms with Crippen molar-refractivity contribution in [3.05, 3.63) is 200 Å². The highest BCUT2D eigenvalue weighted by Crippen LogP contribution is 2.39. The van der Waals surface area contributed by atoms with E-state index in [1.165, 1.54) is 43.7 Å². The van der Waals surface area contributed by atoms with Gasteiger partial charge in [0.2, 0.25) is 5.95 Å². The Morgan fingerprint density at radius 2 is 0.793 bits per heavy atom. The molecule has 5 nitrogen and oxygen atoms in total. The van der Waals surface area contributed by atoms with Crippen molar-refractivity contribution < 1.29 is 0 Å². The van der Waals surface area contributed by atoms with Gasteiger partial charge in [0.1, 0.15) is 0 Å². The quantitative estimate of drug-likeness (QED) is 0.177. The lowest BCUT2D eigenvalue weighted by atomic mass is 10.0. The van der Waals surface area contributed by atoms with Crippen molar-refractivity contribution in [2.24, 2.45) is 0 Å². The van der Waals surface area contributed by atoms with Gasteiger partial charge >= 0.3 is 0 Å². The van der Waals surface area contributed by atoms with E-state index >= 15 is 0 Å². The number of para-hydroxylation sites is 2. The molecule has 58 heavy (non-hydrogen) atoms. The second-order valence-electron chi connectivity index (χ2n) is 14.9. The summed E-state index contributed by atoms with van der Waals surface area (Å²) in [4.78, 5) is 15.4. The largest absolute Gasteiger partial charge is 0.309 e. The van der Waals surface area contributed by atoms with Gasteiger partial charge in [0.25, 0.3) is 0 Å². The van der Waals surface area contributed by atoms with E-state index in [0.29, 0.717) is 17.6 Å². The summed E-state index contributed by atoms with van der Waals surface area (Å²) in [6, 6.07) is 71.1. The molecule has 9 aromatic carbocycles. The summed E-state index contributed by atoms with van der Waals surface area (Å²) in [7, 11) is 0. The molecule has 0 aliphatic heterocycles. The Labute approximate surface area is 333 Å². The summed E-state index contributed by atoms with van der Waals surface area (Å²) in [5, 5.41) is 9.52. The number of benzene rings is 9. The Morgan fingerprint density at radius 3 is 1.52 bits per heavy atom. The van der Waals surface area contributed by atoms with Gasteiger partial charge in [-0.15, -0.1) is 0 Å². The van der Waals surface area contributed by atoms with Crippen LogP contribution < -0.4 is 0 Å². The highest BCUT2D eigenvalue weighted by atomic mass is 15.2. The second kappa shape index (κ2) is 12.8. The van der Waals surface area contributed by atoms with Crippen LogP contribution in [0.25, 0.3) is 111 Å². The Bertz CT molecular complexity index is 3570. The van der Waals surface area contributed by atoms with Gasteiger partial charge in [-0.2, -0.15) is 9.97 Å². The predicted octanol–water partition coefficient (Wildman–Crippen LogP) is 13.4. The Balaban J connectivity index is 1.04. The van der Waals surface area contributed by atoms with Crippen LogP contribution in [0, 0.1) is 0 Å². The van der Waals surface area contributed by atoms with E-state index in [9.17, 15) is 0 Å². The van der Waals surface area contributed by atoms with Crippen LogP contribution in [0.15, 0.2) is 200 Å². The summed E-state index contributed by atoms with van der Waals surface area (Å²) in [6.07, 6.45) is 0. The minimum Gasteiger partial charge on any atom is -0.309 e. The fraction of sp³-hybridized carbons (Fsp3) is 0. The van der Waals surface area contributed by atoms with E-state index < -0.39 is 0 Å². The van der Waals surface area contributed by atoms with E-state index in [1.807, 2.05) is 18.2 Å². The molecule has 3 aromatic heterocycles. The monoisotopic (exact) mass is 739 g/mol. The molecule has 0 aliphatic rings. The standard InChI is InChI=1S/C53H33N5/c1-2-15-36(16-3-1)51-54-52(40-26-25-34-13-4-5-17-37(34)31-40)56-53(55-51)58-48-23-11-9-21-43(48)45-33-39(28-30-50(45)58)38-27-29-49-44(32-38)42-20-8-10-22-47(42)57(49)46-24-12-18-35-14-6-7-19-41(35)46/h1-33H. The van der Waals surface area contributed by atoms with E-state index in [1.54, 1.807) is 0 Å². The first-order valence-corrected chi connectivity index (χ1v) is 19.6. The van der Waals surface area contributed by atoms with Crippen molar-refractivity contribution in [2.75, 3.05) is 0 Å². The van der Waals surface area contributed by atoms with E-state index in [2.05, 4.69) is 191 Å². The first-order chi connectivity index (χ1) is 28.7. The molecule has 0 unspecified atom stereocenters. The molecule has 12 aromatic rings. The fourth-order valence-corrected chi connectivity index (χ4v) is 8.82. The SMILES string of the molecule is c1ccc(-c2nc(-c3ccc4ccccc4c3)nc(-n3c4ccccc4c4cc(-c5ccc6c(c5)c5ccccc5n6-c5cccc6ccccc56)ccc43)n2)cc1. The maximum Gasteiger partial charge on any atom is 0.238 e. The highest BCUT2D eigenvalue weighted by Gasteiger charge is 2.20. The Hall–Kier alpha value is -7.89. The van der Waals surface area contributed by atoms with Crippen LogP contribution in [0.4, 0.5) is 0 Å². The van der Waals surface area contributed by atoms with E-state index in [0.717, 1.165) is 49.4 Å². The van der Waals surface area contributed by atoms with Gasteiger partial charge in [-0.25, -0.2) is 4.98 Å². The summed E-state index contributed by atoms with van der Waals surface area (Å²) < 4.78 is 4.60. The number of nitrogens with zero attached hydrogens (tertiary/aromatic N) is 5. The number of hydrogen-bond acceptors (Lipinski definition) is 3. The lowest BCUT2D eigenvalue weighted by molar-refractivity contribution is 0.953. The fourth-order valence-electron chi connectivity index (χ4n) is 8.82. The molecular formula is C53H33N5. The van der Waals surface area contributed by atoms with Crippen molar-refractivity contribution in [1.29, 1.82) is 0 Å². The van der Waals surface area contributed by atoms with Crippen molar-refractivity contribution in [3.8, 4) is 45.5 Å².